The van der Waals surface area contributed by atoms with E-state index in [1.54, 1.807) is 0 Å². The van der Waals surface area contributed by atoms with Gasteiger partial charge in [-0.2, -0.15) is 0 Å². The Morgan fingerprint density at radius 2 is 0.902 bits per heavy atom. The van der Waals surface area contributed by atoms with Crippen LogP contribution in [0, 0.1) is 0 Å². The molecule has 9 aromatic rings. The maximum Gasteiger partial charge on any atom is 0.170 e. The van der Waals surface area contributed by atoms with Crippen molar-refractivity contribution in [3.8, 4) is 22.3 Å². The molecule has 0 amide bonds. The summed E-state index contributed by atoms with van der Waals surface area (Å²) < 4.78 is 16.0. The first-order valence-electron chi connectivity index (χ1n) is 17.7. The van der Waals surface area contributed by atoms with Crippen molar-refractivity contribution in [3.63, 3.8) is 0 Å². The Bertz CT molecular complexity index is 2900. The molecule has 242 valence electrons. The Morgan fingerprint density at radius 1 is 0.373 bits per heavy atom. The average molecular weight is 687 g/mol. The summed E-state index contributed by atoms with van der Waals surface area (Å²) in [5.41, 5.74) is 4.58. The molecule has 0 spiro atoms. The Kier molecular flexibility index (Phi) is 6.68. The fourth-order valence-electron chi connectivity index (χ4n) is 8.67. The van der Waals surface area contributed by atoms with Gasteiger partial charge in [-0.3, -0.25) is 0 Å². The van der Waals surface area contributed by atoms with Gasteiger partial charge in [0.1, 0.15) is 8.07 Å². The highest BCUT2D eigenvalue weighted by molar-refractivity contribution is 7.87. The van der Waals surface area contributed by atoms with E-state index in [1.807, 2.05) is 0 Å². The molecule has 10 rings (SSSR count). The van der Waals surface area contributed by atoms with E-state index in [4.69, 9.17) is 0 Å². The van der Waals surface area contributed by atoms with Crippen molar-refractivity contribution in [2.45, 2.75) is 13.1 Å². The fourth-order valence-corrected chi connectivity index (χ4v) is 16.9. The minimum absolute atomic E-state index is 0.904. The van der Waals surface area contributed by atoms with Crippen LogP contribution < -0.4 is 26.3 Å². The molecule has 0 saturated carbocycles. The van der Waals surface area contributed by atoms with Crippen LogP contribution in [0.1, 0.15) is 0 Å². The third-order valence-electron chi connectivity index (χ3n) is 11.3. The van der Waals surface area contributed by atoms with Crippen LogP contribution in [0.5, 0.6) is 0 Å². The maximum absolute atomic E-state index is 16.0. The minimum Gasteiger partial charge on any atom is -0.309 e. The normalized spacial score (nSPS) is 16.4. The van der Waals surface area contributed by atoms with Crippen molar-refractivity contribution in [1.82, 2.24) is 0 Å². The van der Waals surface area contributed by atoms with Crippen LogP contribution in [0.4, 0.5) is 0 Å². The van der Waals surface area contributed by atoms with Crippen LogP contribution in [0.3, 0.4) is 0 Å². The summed E-state index contributed by atoms with van der Waals surface area (Å²) in [6.07, 6.45) is 0. The summed E-state index contributed by atoms with van der Waals surface area (Å²) in [6.45, 7) is 4.81. The standard InChI is InChI=1S/C48H35OPSi/c1-51(2)47-21-10-9-20-45(47)50(49,38-25-22-32-12-3-4-13-35(32)29-38)46-31-37(24-27-48(46)51)34-15-11-14-33(28-34)36-23-26-43-41-18-6-5-16-39(41)40-17-7-8-19-42(40)44(43)30-36/h3-31H,1-2H3. The van der Waals surface area contributed by atoms with Crippen molar-refractivity contribution < 1.29 is 4.57 Å². The molecule has 1 unspecified atom stereocenters. The second-order valence-corrected chi connectivity index (χ2v) is 21.5. The molecular weight excluding hydrogens is 652 g/mol. The first-order chi connectivity index (χ1) is 24.9. The number of fused-ring (bicyclic) bond motifs is 9. The van der Waals surface area contributed by atoms with Gasteiger partial charge >= 0.3 is 0 Å². The molecular formula is C48H35OPSi. The second-order valence-electron chi connectivity index (χ2n) is 14.4. The van der Waals surface area contributed by atoms with Gasteiger partial charge in [0.15, 0.2) is 7.14 Å². The van der Waals surface area contributed by atoms with Crippen molar-refractivity contribution in [2.24, 2.45) is 0 Å². The van der Waals surface area contributed by atoms with Gasteiger partial charge in [-0.1, -0.05) is 165 Å². The van der Waals surface area contributed by atoms with Crippen LogP contribution in [-0.2, 0) is 4.57 Å². The van der Waals surface area contributed by atoms with Crippen LogP contribution >= 0.6 is 7.14 Å². The van der Waals surface area contributed by atoms with Crippen LogP contribution in [0.25, 0.3) is 65.3 Å². The van der Waals surface area contributed by atoms with Gasteiger partial charge in [0, 0.05) is 15.9 Å². The molecule has 0 saturated heterocycles. The molecule has 1 aliphatic heterocycles. The van der Waals surface area contributed by atoms with E-state index >= 15 is 4.57 Å². The lowest BCUT2D eigenvalue weighted by atomic mass is 9.91. The Morgan fingerprint density at radius 3 is 1.63 bits per heavy atom. The Hall–Kier alpha value is -5.53. The predicted molar refractivity (Wildman–Crippen MR) is 223 cm³/mol. The summed E-state index contributed by atoms with van der Waals surface area (Å²) in [6, 6.07) is 63.3. The molecule has 0 bridgehead atoms. The van der Waals surface area contributed by atoms with Crippen molar-refractivity contribution in [1.29, 1.82) is 0 Å². The number of benzene rings is 9. The number of rotatable bonds is 3. The lowest BCUT2D eigenvalue weighted by molar-refractivity contribution is 0.592. The summed E-state index contributed by atoms with van der Waals surface area (Å²) in [5, 5.41) is 15.4. The molecule has 9 aromatic carbocycles. The van der Waals surface area contributed by atoms with Gasteiger partial charge in [0.2, 0.25) is 0 Å². The largest absolute Gasteiger partial charge is 0.309 e. The third kappa shape index (κ3) is 4.50. The van der Waals surface area contributed by atoms with E-state index < -0.39 is 15.2 Å². The lowest BCUT2D eigenvalue weighted by Gasteiger charge is -2.38. The zero-order valence-corrected chi connectivity index (χ0v) is 30.5. The molecule has 1 aliphatic rings. The molecule has 1 nitrogen and oxygen atoms in total. The minimum atomic E-state index is -3.18. The average Bonchev–Trinajstić information content (AvgIpc) is 3.19. The fraction of sp³-hybridized carbons (Fsp3) is 0.0417. The van der Waals surface area contributed by atoms with Gasteiger partial charge < -0.3 is 4.57 Å². The summed E-state index contributed by atoms with van der Waals surface area (Å²) in [7, 11) is -5.32. The van der Waals surface area contributed by atoms with Gasteiger partial charge in [-0.05, 0) is 100.0 Å². The molecule has 0 radical (unpaired) electrons. The van der Waals surface area contributed by atoms with Crippen LogP contribution in [-0.4, -0.2) is 8.07 Å². The third-order valence-corrected chi connectivity index (χ3v) is 18.4. The molecule has 0 N–H and O–H groups in total. The zero-order chi connectivity index (χ0) is 34.3. The molecule has 0 aliphatic carbocycles. The van der Waals surface area contributed by atoms with E-state index in [2.05, 4.69) is 189 Å². The van der Waals surface area contributed by atoms with Gasteiger partial charge in [-0.15, -0.1) is 0 Å². The van der Waals surface area contributed by atoms with Crippen LogP contribution in [0.15, 0.2) is 176 Å². The highest BCUT2D eigenvalue weighted by Crippen LogP contribution is 2.46. The SMILES string of the molecule is C[Si]1(C)c2ccccc2P(=O)(c2ccc3ccccc3c2)c2cc(-c3cccc(-c4ccc5c6ccccc6c6ccccc6c5c4)c3)ccc21. The van der Waals surface area contributed by atoms with E-state index in [9.17, 15) is 0 Å². The van der Waals surface area contributed by atoms with Crippen molar-refractivity contribution >= 4 is 84.6 Å². The monoisotopic (exact) mass is 686 g/mol. The Balaban J connectivity index is 1.15. The topological polar surface area (TPSA) is 17.1 Å². The number of hydrogen-bond acceptors (Lipinski definition) is 1. The smallest absolute Gasteiger partial charge is 0.170 e. The van der Waals surface area contributed by atoms with E-state index in [1.165, 1.54) is 53.8 Å². The molecule has 0 aromatic heterocycles. The van der Waals surface area contributed by atoms with Crippen LogP contribution in [0.2, 0.25) is 13.1 Å². The lowest BCUT2D eigenvalue weighted by Crippen LogP contribution is -2.67. The second kappa shape index (κ2) is 11.2. The van der Waals surface area contributed by atoms with Gasteiger partial charge in [-0.25, -0.2) is 0 Å². The summed E-state index contributed by atoms with van der Waals surface area (Å²) in [5.74, 6) is 0. The highest BCUT2D eigenvalue weighted by atomic mass is 31.2. The molecule has 3 heteroatoms. The van der Waals surface area contributed by atoms with Gasteiger partial charge in [0.25, 0.3) is 0 Å². The quantitative estimate of drug-likeness (QED) is 0.103. The predicted octanol–water partition coefficient (Wildman–Crippen LogP) is 10.4. The number of hydrogen-bond donors (Lipinski definition) is 0. The van der Waals surface area contributed by atoms with Crippen molar-refractivity contribution in [2.75, 3.05) is 0 Å². The summed E-state index contributed by atoms with van der Waals surface area (Å²) in [4.78, 5) is 0. The van der Waals surface area contributed by atoms with E-state index in [-0.39, 0.29) is 0 Å². The van der Waals surface area contributed by atoms with Gasteiger partial charge in [0.05, 0.1) is 0 Å². The summed E-state index contributed by atoms with van der Waals surface area (Å²) >= 11 is 0. The maximum atomic E-state index is 16.0. The van der Waals surface area contributed by atoms with E-state index in [0.29, 0.717) is 0 Å². The zero-order valence-electron chi connectivity index (χ0n) is 28.6. The van der Waals surface area contributed by atoms with Crippen molar-refractivity contribution in [3.05, 3.63) is 176 Å². The Labute approximate surface area is 299 Å². The molecule has 1 atom stereocenters. The first kappa shape index (κ1) is 30.3. The molecule has 1 heterocycles. The highest BCUT2D eigenvalue weighted by Gasteiger charge is 2.45. The molecule has 51 heavy (non-hydrogen) atoms. The first-order valence-corrected chi connectivity index (χ1v) is 22.4. The molecule has 0 fully saturated rings. The van der Waals surface area contributed by atoms with E-state index in [0.717, 1.165) is 37.8 Å².